The van der Waals surface area contributed by atoms with Crippen LogP contribution in [0.25, 0.3) is 0 Å². The summed E-state index contributed by atoms with van der Waals surface area (Å²) in [6.45, 7) is 4.15. The third kappa shape index (κ3) is 2.08. The molecule has 0 bridgehead atoms. The Morgan fingerprint density at radius 1 is 0.857 bits per heavy atom. The Bertz CT molecular complexity index is 377. The predicted octanol–water partition coefficient (Wildman–Crippen LogP) is 2.71. The zero-order valence-electron chi connectivity index (χ0n) is 8.13. The molecule has 0 fully saturated rings. The SMILES string of the molecule is Cc1ccoc1PPc1occc1C. The summed E-state index contributed by atoms with van der Waals surface area (Å²) in [4.78, 5) is 0. The van der Waals surface area contributed by atoms with Crippen LogP contribution in [0, 0.1) is 13.8 Å². The van der Waals surface area contributed by atoms with Crippen molar-refractivity contribution in [3.8, 4) is 0 Å². The number of rotatable bonds is 3. The van der Waals surface area contributed by atoms with Gasteiger partial charge in [-0.15, -0.1) is 0 Å². The maximum atomic E-state index is 5.38. The van der Waals surface area contributed by atoms with E-state index in [-0.39, 0.29) is 0 Å². The minimum atomic E-state index is 0.686. The van der Waals surface area contributed by atoms with Gasteiger partial charge in [0, 0.05) is 0 Å². The zero-order valence-corrected chi connectivity index (χ0v) is 10.1. The van der Waals surface area contributed by atoms with Gasteiger partial charge in [0.1, 0.15) is 11.0 Å². The molecule has 2 aromatic rings. The lowest BCUT2D eigenvalue weighted by molar-refractivity contribution is 0.601. The summed E-state index contributed by atoms with van der Waals surface area (Å²) >= 11 is 0. The fourth-order valence-corrected chi connectivity index (χ4v) is 4.37. The number of aryl methyl sites for hydroxylation is 2. The minimum Gasteiger partial charge on any atom is -0.464 e. The lowest BCUT2D eigenvalue weighted by atomic mass is 10.4. The summed E-state index contributed by atoms with van der Waals surface area (Å²) < 4.78 is 10.8. The molecule has 2 atom stereocenters. The molecule has 0 saturated heterocycles. The van der Waals surface area contributed by atoms with Gasteiger partial charge in [0.25, 0.3) is 0 Å². The fourth-order valence-electron chi connectivity index (χ4n) is 1.12. The molecule has 2 aromatic heterocycles. The molecular weight excluding hydrogens is 214 g/mol. The third-order valence-electron chi connectivity index (χ3n) is 2.01. The maximum Gasteiger partial charge on any atom is 0.129 e. The molecule has 74 valence electrons. The summed E-state index contributed by atoms with van der Waals surface area (Å²) in [6, 6.07) is 4.00. The van der Waals surface area contributed by atoms with Gasteiger partial charge in [0.05, 0.1) is 12.5 Å². The molecule has 0 saturated carbocycles. The quantitative estimate of drug-likeness (QED) is 0.752. The van der Waals surface area contributed by atoms with E-state index in [1.54, 1.807) is 12.5 Å². The largest absolute Gasteiger partial charge is 0.464 e. The standard InChI is InChI=1S/C10H12O2P2/c1-7-3-5-11-9(7)13-14-10-8(2)4-6-12-10/h3-6,13-14H,1-2H3. The van der Waals surface area contributed by atoms with Crippen molar-refractivity contribution >= 4 is 27.5 Å². The van der Waals surface area contributed by atoms with Crippen molar-refractivity contribution in [3.05, 3.63) is 35.8 Å². The molecular formula is C10H12O2P2. The van der Waals surface area contributed by atoms with Crippen molar-refractivity contribution in [1.82, 2.24) is 0 Å². The van der Waals surface area contributed by atoms with Crippen LogP contribution in [0.5, 0.6) is 0 Å². The van der Waals surface area contributed by atoms with Crippen molar-refractivity contribution in [3.63, 3.8) is 0 Å². The van der Waals surface area contributed by atoms with Gasteiger partial charge in [0.2, 0.25) is 0 Å². The van der Waals surface area contributed by atoms with Gasteiger partial charge in [-0.25, -0.2) is 0 Å². The van der Waals surface area contributed by atoms with Gasteiger partial charge >= 0.3 is 0 Å². The average Bonchev–Trinajstić information content (AvgIpc) is 2.72. The molecule has 14 heavy (non-hydrogen) atoms. The van der Waals surface area contributed by atoms with E-state index in [1.165, 1.54) is 11.1 Å². The van der Waals surface area contributed by atoms with E-state index < -0.39 is 0 Å². The van der Waals surface area contributed by atoms with E-state index in [0.29, 0.717) is 16.5 Å². The highest BCUT2D eigenvalue weighted by Gasteiger charge is 2.05. The van der Waals surface area contributed by atoms with Crippen molar-refractivity contribution in [2.75, 3.05) is 0 Å². The number of furan rings is 2. The van der Waals surface area contributed by atoms with Crippen molar-refractivity contribution in [1.29, 1.82) is 0 Å². The Kier molecular flexibility index (Phi) is 3.05. The summed E-state index contributed by atoms with van der Waals surface area (Å²) in [5, 5.41) is 0. The van der Waals surface area contributed by atoms with E-state index >= 15 is 0 Å². The summed E-state index contributed by atoms with van der Waals surface area (Å²) in [6.07, 6.45) is 3.49. The molecule has 4 heteroatoms. The van der Waals surface area contributed by atoms with Crippen LogP contribution < -0.4 is 11.0 Å². The monoisotopic (exact) mass is 226 g/mol. The second kappa shape index (κ2) is 4.29. The molecule has 2 heterocycles. The van der Waals surface area contributed by atoms with Crippen LogP contribution >= 0.6 is 16.5 Å². The molecule has 0 spiro atoms. The molecule has 2 unspecified atom stereocenters. The van der Waals surface area contributed by atoms with Gasteiger partial charge in [-0.2, -0.15) is 0 Å². The number of hydrogen-bond donors (Lipinski definition) is 0. The normalized spacial score (nSPS) is 12.4. The molecule has 2 nitrogen and oxygen atoms in total. The van der Waals surface area contributed by atoms with Crippen LogP contribution in [0.2, 0.25) is 0 Å². The van der Waals surface area contributed by atoms with Crippen LogP contribution in [-0.4, -0.2) is 0 Å². The lowest BCUT2D eigenvalue weighted by Crippen LogP contribution is -1.95. The van der Waals surface area contributed by atoms with Gasteiger partial charge in [-0.05, 0) is 53.6 Å². The van der Waals surface area contributed by atoms with Crippen LogP contribution in [-0.2, 0) is 0 Å². The van der Waals surface area contributed by atoms with Crippen molar-refractivity contribution in [2.24, 2.45) is 0 Å². The Morgan fingerprint density at radius 3 is 1.57 bits per heavy atom. The van der Waals surface area contributed by atoms with Gasteiger partial charge in [-0.1, -0.05) is 0 Å². The van der Waals surface area contributed by atoms with Crippen LogP contribution in [0.4, 0.5) is 0 Å². The average molecular weight is 226 g/mol. The van der Waals surface area contributed by atoms with Crippen molar-refractivity contribution < 1.29 is 8.83 Å². The first-order chi connectivity index (χ1) is 6.77. The smallest absolute Gasteiger partial charge is 0.129 e. The molecule has 0 aliphatic rings. The van der Waals surface area contributed by atoms with Crippen LogP contribution in [0.1, 0.15) is 11.1 Å². The van der Waals surface area contributed by atoms with Crippen LogP contribution in [0.3, 0.4) is 0 Å². The minimum absolute atomic E-state index is 0.686. The Hall–Kier alpha value is -0.580. The topological polar surface area (TPSA) is 26.3 Å². The molecule has 0 radical (unpaired) electrons. The highest BCUT2D eigenvalue weighted by atomic mass is 32.0. The first kappa shape index (κ1) is 9.96. The van der Waals surface area contributed by atoms with Crippen LogP contribution in [0.15, 0.2) is 33.5 Å². The summed E-state index contributed by atoms with van der Waals surface area (Å²) in [7, 11) is 1.37. The second-order valence-corrected chi connectivity index (χ2v) is 6.02. The van der Waals surface area contributed by atoms with E-state index in [4.69, 9.17) is 8.83 Å². The molecule has 0 aromatic carbocycles. The molecule has 2 rings (SSSR count). The molecule has 0 N–H and O–H groups in total. The molecule has 0 aliphatic heterocycles. The Labute approximate surface area is 86.5 Å². The van der Waals surface area contributed by atoms with Gasteiger partial charge < -0.3 is 8.83 Å². The predicted molar refractivity (Wildman–Crippen MR) is 62.8 cm³/mol. The lowest BCUT2D eigenvalue weighted by Gasteiger charge is -1.98. The molecule has 0 amide bonds. The van der Waals surface area contributed by atoms with E-state index in [0.717, 1.165) is 11.0 Å². The maximum absolute atomic E-state index is 5.38. The Balaban J connectivity index is 2.02. The van der Waals surface area contributed by atoms with Crippen molar-refractivity contribution in [2.45, 2.75) is 13.8 Å². The first-order valence-corrected chi connectivity index (χ1v) is 7.37. The highest BCUT2D eigenvalue weighted by molar-refractivity contribution is 8.18. The van der Waals surface area contributed by atoms with Gasteiger partial charge in [0.15, 0.2) is 0 Å². The van der Waals surface area contributed by atoms with E-state index in [9.17, 15) is 0 Å². The first-order valence-electron chi connectivity index (χ1n) is 4.37. The number of hydrogen-bond acceptors (Lipinski definition) is 2. The second-order valence-electron chi connectivity index (χ2n) is 3.12. The van der Waals surface area contributed by atoms with E-state index in [2.05, 4.69) is 13.8 Å². The Morgan fingerprint density at radius 2 is 1.29 bits per heavy atom. The highest BCUT2D eigenvalue weighted by Crippen LogP contribution is 2.36. The van der Waals surface area contributed by atoms with Gasteiger partial charge in [-0.3, -0.25) is 0 Å². The third-order valence-corrected chi connectivity index (χ3v) is 5.35. The fraction of sp³-hybridized carbons (Fsp3) is 0.200. The zero-order chi connectivity index (χ0) is 9.97. The summed E-state index contributed by atoms with van der Waals surface area (Å²) in [5.74, 6) is 0. The van der Waals surface area contributed by atoms with E-state index in [1.807, 2.05) is 12.1 Å². The summed E-state index contributed by atoms with van der Waals surface area (Å²) in [5.41, 5.74) is 4.67. The molecule has 0 aliphatic carbocycles.